The lowest BCUT2D eigenvalue weighted by molar-refractivity contribution is -0.138. The highest BCUT2D eigenvalue weighted by Crippen LogP contribution is 2.35. The van der Waals surface area contributed by atoms with Crippen LogP contribution >= 0.6 is 15.9 Å². The van der Waals surface area contributed by atoms with Gasteiger partial charge in [-0.2, -0.15) is 0 Å². The summed E-state index contributed by atoms with van der Waals surface area (Å²) in [6.07, 6.45) is 2.66. The molecule has 0 spiro atoms. The number of carbonyl (C=O) groups is 2. The van der Waals surface area contributed by atoms with Gasteiger partial charge in [0, 0.05) is 17.2 Å². The first-order valence-electron chi connectivity index (χ1n) is 9.00. The van der Waals surface area contributed by atoms with Crippen LogP contribution in [0, 0.1) is 5.92 Å². The van der Waals surface area contributed by atoms with Gasteiger partial charge in [0.05, 0.1) is 18.1 Å². The van der Waals surface area contributed by atoms with Crippen molar-refractivity contribution in [3.05, 3.63) is 76.8 Å². The van der Waals surface area contributed by atoms with E-state index in [0.29, 0.717) is 0 Å². The van der Waals surface area contributed by atoms with Gasteiger partial charge in [0.15, 0.2) is 0 Å². The first-order chi connectivity index (χ1) is 13.5. The summed E-state index contributed by atoms with van der Waals surface area (Å²) in [5.41, 5.74) is 4.75. The van der Waals surface area contributed by atoms with Gasteiger partial charge in [-0.15, -0.1) is 0 Å². The van der Waals surface area contributed by atoms with Crippen LogP contribution in [0.2, 0.25) is 0 Å². The zero-order chi connectivity index (χ0) is 19.8. The molecule has 0 aliphatic carbocycles. The van der Waals surface area contributed by atoms with E-state index in [1.807, 2.05) is 54.6 Å². The van der Waals surface area contributed by atoms with Gasteiger partial charge in [-0.05, 0) is 29.8 Å². The smallest absolute Gasteiger partial charge is 0.249 e. The molecule has 28 heavy (non-hydrogen) atoms. The Morgan fingerprint density at radius 2 is 1.68 bits per heavy atom. The third-order valence-electron chi connectivity index (χ3n) is 5.24. The summed E-state index contributed by atoms with van der Waals surface area (Å²) in [6.45, 7) is 0. The monoisotopic (exact) mass is 441 g/mol. The van der Waals surface area contributed by atoms with Crippen LogP contribution in [-0.2, 0) is 9.59 Å². The van der Waals surface area contributed by atoms with Gasteiger partial charge in [-0.1, -0.05) is 58.4 Å². The van der Waals surface area contributed by atoms with Gasteiger partial charge in [-0.3, -0.25) is 14.5 Å². The first kappa shape index (κ1) is 18.9. The minimum atomic E-state index is -0.879. The molecular weight excluding hydrogens is 422 g/mol. The summed E-state index contributed by atoms with van der Waals surface area (Å²) in [6, 6.07) is 15.6. The van der Waals surface area contributed by atoms with Crippen LogP contribution in [0.1, 0.15) is 11.7 Å². The summed E-state index contributed by atoms with van der Waals surface area (Å²) in [7, 11) is 1.50. The van der Waals surface area contributed by atoms with Crippen molar-refractivity contribution in [3.8, 4) is 0 Å². The van der Waals surface area contributed by atoms with Crippen molar-refractivity contribution in [3.63, 3.8) is 0 Å². The molecule has 4 atom stereocenters. The number of amides is 2. The number of nitrogens with one attached hydrogen (secondary N) is 1. The average Bonchev–Trinajstić information content (AvgIpc) is 2.93. The number of nitrogens with zero attached hydrogens (tertiary/aromatic N) is 2. The highest BCUT2D eigenvalue weighted by Gasteiger charge is 2.52. The average molecular weight is 442 g/mol. The number of anilines is 1. The van der Waals surface area contributed by atoms with Crippen LogP contribution in [-0.4, -0.2) is 46.0 Å². The lowest BCUT2D eigenvalue weighted by atomic mass is 9.90. The fourth-order valence-corrected chi connectivity index (χ4v) is 4.00. The molecular formula is C21H20BrN3O3. The molecule has 2 amide bonds. The zero-order valence-corrected chi connectivity index (χ0v) is 16.8. The van der Waals surface area contributed by atoms with E-state index < -0.39 is 24.1 Å². The minimum absolute atomic E-state index is 0.234. The molecule has 0 bridgehead atoms. The van der Waals surface area contributed by atoms with Gasteiger partial charge in [0.25, 0.3) is 0 Å². The van der Waals surface area contributed by atoms with Crippen molar-refractivity contribution >= 4 is 33.4 Å². The molecule has 1 fully saturated rings. The maximum Gasteiger partial charge on any atom is 0.249 e. The lowest BCUT2D eigenvalue weighted by Crippen LogP contribution is -2.55. The summed E-state index contributed by atoms with van der Waals surface area (Å²) in [5.74, 6) is -1.08. The Balaban J connectivity index is 1.72. The van der Waals surface area contributed by atoms with Crippen LogP contribution in [0.4, 0.5) is 5.69 Å². The van der Waals surface area contributed by atoms with E-state index in [-0.39, 0.29) is 11.8 Å². The van der Waals surface area contributed by atoms with Crippen molar-refractivity contribution in [2.75, 3.05) is 12.5 Å². The maximum atomic E-state index is 12.8. The number of hydrogen-bond donors (Lipinski definition) is 2. The summed E-state index contributed by atoms with van der Waals surface area (Å²) in [5, 5.41) is 12.8. The Kier molecular flexibility index (Phi) is 5.05. The molecule has 6 nitrogen and oxygen atoms in total. The molecule has 0 aromatic heterocycles. The number of likely N-dealkylation sites (tertiary alicyclic amines) is 1. The standard InChI is InChI=1S/C21H20BrN3O3/c1-24-20(27)16-11-12-17(19(26)13-7-9-14(22)10-8-13)25(18(16)21(24)28)23-15-5-3-2-4-6-15/h2-12,16-19,23,26H,1H3. The van der Waals surface area contributed by atoms with Crippen molar-refractivity contribution in [2.24, 2.45) is 5.92 Å². The lowest BCUT2D eigenvalue weighted by Gasteiger charge is -2.40. The zero-order valence-electron chi connectivity index (χ0n) is 15.2. The minimum Gasteiger partial charge on any atom is -0.386 e. The molecule has 2 aromatic carbocycles. The highest BCUT2D eigenvalue weighted by molar-refractivity contribution is 9.10. The number of imide groups is 1. The van der Waals surface area contributed by atoms with Crippen LogP contribution in [0.5, 0.6) is 0 Å². The van der Waals surface area contributed by atoms with Crippen LogP contribution in [0.25, 0.3) is 0 Å². The van der Waals surface area contributed by atoms with E-state index in [2.05, 4.69) is 21.4 Å². The second-order valence-corrected chi connectivity index (χ2v) is 7.88. The van der Waals surface area contributed by atoms with Crippen molar-refractivity contribution in [1.82, 2.24) is 9.91 Å². The number of aliphatic hydroxyl groups is 1. The first-order valence-corrected chi connectivity index (χ1v) is 9.80. The summed E-state index contributed by atoms with van der Waals surface area (Å²) < 4.78 is 0.917. The molecule has 144 valence electrons. The number of hydrazine groups is 1. The Labute approximate surface area is 171 Å². The molecule has 2 N–H and O–H groups in total. The van der Waals surface area contributed by atoms with E-state index in [9.17, 15) is 14.7 Å². The molecule has 0 radical (unpaired) electrons. The van der Waals surface area contributed by atoms with Gasteiger partial charge in [0.1, 0.15) is 6.04 Å². The molecule has 2 heterocycles. The summed E-state index contributed by atoms with van der Waals surface area (Å²) in [4.78, 5) is 26.4. The van der Waals surface area contributed by atoms with Gasteiger partial charge >= 0.3 is 0 Å². The number of hydrogen-bond acceptors (Lipinski definition) is 5. The Bertz CT molecular complexity index is 916. The number of halogens is 1. The van der Waals surface area contributed by atoms with Crippen molar-refractivity contribution in [1.29, 1.82) is 0 Å². The quantitative estimate of drug-likeness (QED) is 0.563. The fraction of sp³-hybridized carbons (Fsp3) is 0.238. The second-order valence-electron chi connectivity index (χ2n) is 6.96. The topological polar surface area (TPSA) is 72.9 Å². The van der Waals surface area contributed by atoms with E-state index >= 15 is 0 Å². The van der Waals surface area contributed by atoms with Crippen molar-refractivity contribution < 1.29 is 14.7 Å². The molecule has 2 aliphatic rings. The van der Waals surface area contributed by atoms with Crippen molar-refractivity contribution in [2.45, 2.75) is 18.2 Å². The molecule has 0 saturated carbocycles. The summed E-state index contributed by atoms with van der Waals surface area (Å²) >= 11 is 3.40. The normalized spacial score (nSPS) is 25.7. The molecule has 7 heteroatoms. The predicted molar refractivity (Wildman–Crippen MR) is 109 cm³/mol. The second kappa shape index (κ2) is 7.50. The Morgan fingerprint density at radius 1 is 1.00 bits per heavy atom. The number of likely N-dealkylation sites (N-methyl/N-ethyl adjacent to an activating group) is 1. The largest absolute Gasteiger partial charge is 0.386 e. The molecule has 2 aromatic rings. The number of rotatable bonds is 4. The van der Waals surface area contributed by atoms with E-state index in [1.54, 1.807) is 17.2 Å². The van der Waals surface area contributed by atoms with Crippen LogP contribution in [0.15, 0.2) is 71.2 Å². The predicted octanol–water partition coefficient (Wildman–Crippen LogP) is 2.73. The number of fused-ring (bicyclic) bond motifs is 1. The van der Waals surface area contributed by atoms with Crippen LogP contribution in [0.3, 0.4) is 0 Å². The van der Waals surface area contributed by atoms with Gasteiger partial charge < -0.3 is 10.5 Å². The van der Waals surface area contributed by atoms with E-state index in [4.69, 9.17) is 0 Å². The number of para-hydroxylation sites is 1. The van der Waals surface area contributed by atoms with Crippen LogP contribution < -0.4 is 5.43 Å². The maximum absolute atomic E-state index is 12.8. The number of benzene rings is 2. The Hall–Kier alpha value is -2.48. The molecule has 4 rings (SSSR count). The SMILES string of the molecule is CN1C(=O)C2C=CC(C(O)c3ccc(Br)cc3)N(Nc3ccccc3)C2C1=O. The molecule has 2 aliphatic heterocycles. The van der Waals surface area contributed by atoms with Gasteiger partial charge in [-0.25, -0.2) is 5.01 Å². The number of aliphatic hydroxyl groups excluding tert-OH is 1. The van der Waals surface area contributed by atoms with Gasteiger partial charge in [0.2, 0.25) is 11.8 Å². The van der Waals surface area contributed by atoms with E-state index in [1.165, 1.54) is 7.05 Å². The Morgan fingerprint density at radius 3 is 2.36 bits per heavy atom. The third-order valence-corrected chi connectivity index (χ3v) is 5.77. The molecule has 4 unspecified atom stereocenters. The van der Waals surface area contributed by atoms with E-state index in [0.717, 1.165) is 20.6 Å². The fourth-order valence-electron chi connectivity index (χ4n) is 3.73. The third kappa shape index (κ3) is 3.26. The number of carbonyl (C=O) groups excluding carboxylic acids is 2. The highest BCUT2D eigenvalue weighted by atomic mass is 79.9. The molecule has 1 saturated heterocycles.